The maximum absolute atomic E-state index is 12.4. The van der Waals surface area contributed by atoms with Crippen molar-refractivity contribution < 1.29 is 19.1 Å². The molecule has 0 saturated carbocycles. The molecule has 106 valence electrons. The average molecular weight is 283 g/mol. The van der Waals surface area contributed by atoms with Gasteiger partial charge in [-0.2, -0.15) is 0 Å². The zero-order valence-electron chi connectivity index (χ0n) is 11.4. The van der Waals surface area contributed by atoms with Crippen LogP contribution in [0, 0.1) is 0 Å². The number of nitrogens with zero attached hydrogens (tertiary/aromatic N) is 1. The summed E-state index contributed by atoms with van der Waals surface area (Å²) in [5.41, 5.74) is 1.12. The standard InChI is InChI=1S/C16H13NO4/c1-20-13-9-7-12(8-10-13)17-15(18)14(21-16(17)19)11-5-3-2-4-6-11/h2-10,14H,1H3. The Morgan fingerprint density at radius 1 is 1.00 bits per heavy atom. The molecule has 1 unspecified atom stereocenters. The van der Waals surface area contributed by atoms with Gasteiger partial charge in [0.05, 0.1) is 12.8 Å². The normalized spacial score (nSPS) is 17.8. The lowest BCUT2D eigenvalue weighted by molar-refractivity contribution is -0.122. The van der Waals surface area contributed by atoms with E-state index in [4.69, 9.17) is 9.47 Å². The topological polar surface area (TPSA) is 55.8 Å². The molecule has 2 amide bonds. The van der Waals surface area contributed by atoms with Crippen LogP contribution < -0.4 is 9.64 Å². The summed E-state index contributed by atoms with van der Waals surface area (Å²) < 4.78 is 10.2. The number of benzene rings is 2. The van der Waals surface area contributed by atoms with Crippen LogP contribution in [0.15, 0.2) is 54.6 Å². The second-order valence-electron chi connectivity index (χ2n) is 4.55. The van der Waals surface area contributed by atoms with E-state index in [2.05, 4.69) is 0 Å². The number of imide groups is 1. The van der Waals surface area contributed by atoms with Crippen LogP contribution in [0.5, 0.6) is 5.75 Å². The second-order valence-corrected chi connectivity index (χ2v) is 4.55. The predicted molar refractivity (Wildman–Crippen MR) is 76.1 cm³/mol. The molecule has 1 fully saturated rings. The lowest BCUT2D eigenvalue weighted by atomic mass is 10.1. The highest BCUT2D eigenvalue weighted by atomic mass is 16.6. The Balaban J connectivity index is 1.90. The molecule has 1 aliphatic heterocycles. The van der Waals surface area contributed by atoms with Crippen molar-refractivity contribution >= 4 is 17.7 Å². The molecule has 0 N–H and O–H groups in total. The second kappa shape index (κ2) is 5.28. The lowest BCUT2D eigenvalue weighted by Gasteiger charge is -2.11. The summed E-state index contributed by atoms with van der Waals surface area (Å²) in [6, 6.07) is 15.6. The van der Waals surface area contributed by atoms with E-state index in [1.54, 1.807) is 55.6 Å². The van der Waals surface area contributed by atoms with Gasteiger partial charge in [-0.15, -0.1) is 0 Å². The van der Waals surface area contributed by atoms with Crippen molar-refractivity contribution in [3.63, 3.8) is 0 Å². The van der Waals surface area contributed by atoms with Gasteiger partial charge in [-0.3, -0.25) is 4.79 Å². The maximum Gasteiger partial charge on any atom is 0.422 e. The Hall–Kier alpha value is -2.82. The first-order valence-corrected chi connectivity index (χ1v) is 6.44. The molecule has 0 spiro atoms. The molecule has 1 saturated heterocycles. The number of carbonyl (C=O) groups excluding carboxylic acids is 2. The van der Waals surface area contributed by atoms with Crippen LogP contribution in [0.1, 0.15) is 11.7 Å². The Kier molecular flexibility index (Phi) is 3.31. The Labute approximate surface area is 121 Å². The molecule has 1 heterocycles. The molecule has 0 bridgehead atoms. The summed E-state index contributed by atoms with van der Waals surface area (Å²) in [4.78, 5) is 25.4. The van der Waals surface area contributed by atoms with Gasteiger partial charge < -0.3 is 9.47 Å². The molecule has 1 atom stereocenters. The fourth-order valence-corrected chi connectivity index (χ4v) is 2.21. The molecule has 5 heteroatoms. The molecule has 1 aliphatic rings. The predicted octanol–water partition coefficient (Wildman–Crippen LogP) is 2.92. The van der Waals surface area contributed by atoms with Gasteiger partial charge in [0.25, 0.3) is 5.91 Å². The SMILES string of the molecule is COc1ccc(N2C(=O)OC(c3ccccc3)C2=O)cc1. The number of hydrogen-bond donors (Lipinski definition) is 0. The van der Waals surface area contributed by atoms with Crippen molar-refractivity contribution in [3.8, 4) is 5.75 Å². The summed E-state index contributed by atoms with van der Waals surface area (Å²) in [7, 11) is 1.55. The van der Waals surface area contributed by atoms with Gasteiger partial charge >= 0.3 is 6.09 Å². The zero-order valence-corrected chi connectivity index (χ0v) is 11.4. The molecule has 2 aromatic rings. The number of methoxy groups -OCH3 is 1. The van der Waals surface area contributed by atoms with Gasteiger partial charge in [0.15, 0.2) is 0 Å². The molecule has 0 radical (unpaired) electrons. The summed E-state index contributed by atoms with van der Waals surface area (Å²) in [6.07, 6.45) is -1.56. The molecular weight excluding hydrogens is 270 g/mol. The van der Waals surface area contributed by atoms with Gasteiger partial charge in [0.2, 0.25) is 6.10 Å². The lowest BCUT2D eigenvalue weighted by Crippen LogP contribution is -2.29. The third kappa shape index (κ3) is 2.33. The Bertz CT molecular complexity index is 666. The molecule has 2 aromatic carbocycles. The highest BCUT2D eigenvalue weighted by Gasteiger charge is 2.42. The van der Waals surface area contributed by atoms with Crippen LogP contribution in [0.3, 0.4) is 0 Å². The summed E-state index contributed by atoms with van der Waals surface area (Å²) in [5.74, 6) is 0.259. The Morgan fingerprint density at radius 3 is 2.29 bits per heavy atom. The van der Waals surface area contributed by atoms with Gasteiger partial charge in [-0.25, -0.2) is 9.69 Å². The average Bonchev–Trinajstić information content (AvgIpc) is 2.83. The minimum atomic E-state index is -0.888. The van der Waals surface area contributed by atoms with Crippen molar-refractivity contribution in [1.82, 2.24) is 0 Å². The highest BCUT2D eigenvalue weighted by Crippen LogP contribution is 2.32. The number of hydrogen-bond acceptors (Lipinski definition) is 4. The van der Waals surface area contributed by atoms with Crippen molar-refractivity contribution in [1.29, 1.82) is 0 Å². The monoisotopic (exact) mass is 283 g/mol. The van der Waals surface area contributed by atoms with Crippen molar-refractivity contribution in [2.45, 2.75) is 6.10 Å². The first kappa shape index (κ1) is 13.2. The van der Waals surface area contributed by atoms with E-state index in [0.717, 1.165) is 4.90 Å². The maximum atomic E-state index is 12.4. The quantitative estimate of drug-likeness (QED) is 0.869. The van der Waals surface area contributed by atoms with Crippen LogP contribution in [0.25, 0.3) is 0 Å². The fraction of sp³-hybridized carbons (Fsp3) is 0.125. The summed E-state index contributed by atoms with van der Waals surface area (Å²) >= 11 is 0. The van der Waals surface area contributed by atoms with Crippen LogP contribution in [0.4, 0.5) is 10.5 Å². The molecule has 0 aliphatic carbocycles. The van der Waals surface area contributed by atoms with Gasteiger partial charge in [-0.1, -0.05) is 30.3 Å². The number of anilines is 1. The van der Waals surface area contributed by atoms with E-state index in [1.165, 1.54) is 0 Å². The molecule has 3 rings (SSSR count). The van der Waals surface area contributed by atoms with E-state index in [1.807, 2.05) is 6.07 Å². The number of carbonyl (C=O) groups is 2. The van der Waals surface area contributed by atoms with Crippen molar-refractivity contribution in [2.24, 2.45) is 0 Å². The van der Waals surface area contributed by atoms with Crippen molar-refractivity contribution in [2.75, 3.05) is 12.0 Å². The summed E-state index contributed by atoms with van der Waals surface area (Å²) in [6.45, 7) is 0. The van der Waals surface area contributed by atoms with Gasteiger partial charge in [0.1, 0.15) is 5.75 Å². The van der Waals surface area contributed by atoms with E-state index < -0.39 is 18.1 Å². The molecule has 0 aromatic heterocycles. The molecule has 5 nitrogen and oxygen atoms in total. The Morgan fingerprint density at radius 2 is 1.67 bits per heavy atom. The third-order valence-electron chi connectivity index (χ3n) is 3.28. The number of amides is 2. The molecular formula is C16H13NO4. The largest absolute Gasteiger partial charge is 0.497 e. The summed E-state index contributed by atoms with van der Waals surface area (Å²) in [5, 5.41) is 0. The molecule has 21 heavy (non-hydrogen) atoms. The smallest absolute Gasteiger partial charge is 0.422 e. The first-order valence-electron chi connectivity index (χ1n) is 6.44. The van der Waals surface area contributed by atoms with Crippen LogP contribution >= 0.6 is 0 Å². The first-order chi connectivity index (χ1) is 10.2. The number of rotatable bonds is 3. The van der Waals surface area contributed by atoms with Crippen LogP contribution in [-0.4, -0.2) is 19.1 Å². The van der Waals surface area contributed by atoms with E-state index >= 15 is 0 Å². The van der Waals surface area contributed by atoms with E-state index in [-0.39, 0.29) is 0 Å². The van der Waals surface area contributed by atoms with E-state index in [9.17, 15) is 9.59 Å². The van der Waals surface area contributed by atoms with E-state index in [0.29, 0.717) is 17.0 Å². The van der Waals surface area contributed by atoms with Gasteiger partial charge in [0, 0.05) is 5.56 Å². The van der Waals surface area contributed by atoms with Crippen LogP contribution in [0.2, 0.25) is 0 Å². The number of cyclic esters (lactones) is 1. The van der Waals surface area contributed by atoms with Crippen molar-refractivity contribution in [3.05, 3.63) is 60.2 Å². The third-order valence-corrected chi connectivity index (χ3v) is 3.28. The van der Waals surface area contributed by atoms with Gasteiger partial charge in [-0.05, 0) is 24.3 Å². The zero-order chi connectivity index (χ0) is 14.8. The minimum absolute atomic E-state index is 0.392. The number of ether oxygens (including phenoxy) is 2. The fourth-order valence-electron chi connectivity index (χ4n) is 2.21. The highest BCUT2D eigenvalue weighted by molar-refractivity contribution is 6.18. The minimum Gasteiger partial charge on any atom is -0.497 e. The van der Waals surface area contributed by atoms with Crippen LogP contribution in [-0.2, 0) is 9.53 Å².